The van der Waals surface area contributed by atoms with Gasteiger partial charge in [-0.1, -0.05) is 13.8 Å². The van der Waals surface area contributed by atoms with Crippen molar-refractivity contribution in [2.24, 2.45) is 0 Å². The zero-order valence-corrected chi connectivity index (χ0v) is 13.9. The predicted molar refractivity (Wildman–Crippen MR) is 92.2 cm³/mol. The molecule has 0 fully saturated rings. The molecule has 0 radical (unpaired) electrons. The standard InChI is InChI=1S/C19H18FN3O/c1-10(2)16-7-12-5-4-11(3)21-19(12)23(16)14-6-13-8-17(24)22-18(13)15(20)9-14/h4-7,9-10H,8H2,1-3H3,(H,22,24). The SMILES string of the molecule is Cc1ccc2cc(C(C)C)n(-c3cc(F)c4c(c3)CC(=O)N4)c2n1. The van der Waals surface area contributed by atoms with E-state index in [1.54, 1.807) is 0 Å². The Morgan fingerprint density at radius 3 is 2.79 bits per heavy atom. The minimum atomic E-state index is -0.405. The number of hydrogen-bond donors (Lipinski definition) is 1. The zero-order chi connectivity index (χ0) is 17.0. The number of benzene rings is 1. The molecular formula is C19H18FN3O. The van der Waals surface area contributed by atoms with Crippen molar-refractivity contribution in [1.29, 1.82) is 0 Å². The number of hydrogen-bond acceptors (Lipinski definition) is 2. The monoisotopic (exact) mass is 323 g/mol. The lowest BCUT2D eigenvalue weighted by atomic mass is 10.1. The van der Waals surface area contributed by atoms with Gasteiger partial charge in [0.05, 0.1) is 17.8 Å². The molecule has 5 heteroatoms. The van der Waals surface area contributed by atoms with Gasteiger partial charge in [-0.25, -0.2) is 9.37 Å². The molecule has 2 aromatic heterocycles. The van der Waals surface area contributed by atoms with Crippen LogP contribution >= 0.6 is 0 Å². The van der Waals surface area contributed by atoms with Crippen LogP contribution in [0.15, 0.2) is 30.3 Å². The van der Waals surface area contributed by atoms with Crippen molar-refractivity contribution in [3.05, 3.63) is 53.1 Å². The van der Waals surface area contributed by atoms with Crippen LogP contribution in [0.5, 0.6) is 0 Å². The fourth-order valence-corrected chi connectivity index (χ4v) is 3.30. The summed E-state index contributed by atoms with van der Waals surface area (Å²) in [5.41, 5.74) is 4.50. The number of carbonyl (C=O) groups excluding carboxylic acids is 1. The summed E-state index contributed by atoms with van der Waals surface area (Å²) < 4.78 is 16.5. The molecular weight excluding hydrogens is 305 g/mol. The lowest BCUT2D eigenvalue weighted by Crippen LogP contribution is -2.05. The second kappa shape index (κ2) is 5.16. The Balaban J connectivity index is 2.01. The third-order valence-corrected chi connectivity index (χ3v) is 4.44. The molecule has 0 saturated heterocycles. The van der Waals surface area contributed by atoms with Crippen molar-refractivity contribution >= 4 is 22.6 Å². The zero-order valence-electron chi connectivity index (χ0n) is 13.9. The van der Waals surface area contributed by atoms with E-state index in [4.69, 9.17) is 0 Å². The molecule has 0 aliphatic carbocycles. The van der Waals surface area contributed by atoms with Crippen LogP contribution in [0.1, 0.15) is 36.7 Å². The van der Waals surface area contributed by atoms with E-state index < -0.39 is 5.82 Å². The molecule has 1 aliphatic rings. The summed E-state index contributed by atoms with van der Waals surface area (Å²) in [5, 5.41) is 3.61. The molecule has 4 rings (SSSR count). The van der Waals surface area contributed by atoms with Crippen molar-refractivity contribution in [1.82, 2.24) is 9.55 Å². The number of nitrogens with one attached hydrogen (secondary N) is 1. The van der Waals surface area contributed by atoms with Crippen LogP contribution in [-0.2, 0) is 11.2 Å². The number of pyridine rings is 1. The number of aryl methyl sites for hydroxylation is 1. The number of carbonyl (C=O) groups is 1. The maximum atomic E-state index is 14.5. The molecule has 0 atom stereocenters. The maximum Gasteiger partial charge on any atom is 0.228 e. The van der Waals surface area contributed by atoms with Gasteiger partial charge >= 0.3 is 0 Å². The quantitative estimate of drug-likeness (QED) is 0.772. The van der Waals surface area contributed by atoms with E-state index in [0.717, 1.165) is 22.4 Å². The van der Waals surface area contributed by atoms with Crippen LogP contribution in [0, 0.1) is 12.7 Å². The smallest absolute Gasteiger partial charge is 0.228 e. The first-order chi connectivity index (χ1) is 11.4. The average Bonchev–Trinajstić information content (AvgIpc) is 3.07. The van der Waals surface area contributed by atoms with Gasteiger partial charge in [0, 0.05) is 22.8 Å². The van der Waals surface area contributed by atoms with E-state index in [0.29, 0.717) is 16.9 Å². The van der Waals surface area contributed by atoms with E-state index in [2.05, 4.69) is 30.2 Å². The molecule has 0 unspecified atom stereocenters. The van der Waals surface area contributed by atoms with Crippen molar-refractivity contribution in [2.45, 2.75) is 33.1 Å². The Kier molecular flexibility index (Phi) is 3.20. The van der Waals surface area contributed by atoms with Crippen LogP contribution in [0.25, 0.3) is 16.7 Å². The Hall–Kier alpha value is -2.69. The van der Waals surface area contributed by atoms with E-state index in [1.165, 1.54) is 6.07 Å². The molecule has 24 heavy (non-hydrogen) atoms. The number of aromatic nitrogens is 2. The lowest BCUT2D eigenvalue weighted by Gasteiger charge is -2.14. The molecule has 1 N–H and O–H groups in total. The third-order valence-electron chi connectivity index (χ3n) is 4.44. The summed E-state index contributed by atoms with van der Waals surface area (Å²) in [5.74, 6) is -0.315. The average molecular weight is 323 g/mol. The normalized spacial score (nSPS) is 13.6. The van der Waals surface area contributed by atoms with E-state index in [1.807, 2.05) is 29.7 Å². The highest BCUT2D eigenvalue weighted by Crippen LogP contribution is 2.33. The van der Waals surface area contributed by atoms with Crippen molar-refractivity contribution < 1.29 is 9.18 Å². The van der Waals surface area contributed by atoms with Crippen LogP contribution in [-0.4, -0.2) is 15.5 Å². The highest BCUT2D eigenvalue weighted by molar-refractivity contribution is 5.99. The van der Waals surface area contributed by atoms with Gasteiger partial charge in [-0.15, -0.1) is 0 Å². The third kappa shape index (κ3) is 2.19. The van der Waals surface area contributed by atoms with Gasteiger partial charge < -0.3 is 5.32 Å². The van der Waals surface area contributed by atoms with E-state index >= 15 is 0 Å². The summed E-state index contributed by atoms with van der Waals surface area (Å²) in [6, 6.07) is 9.46. The van der Waals surface area contributed by atoms with Crippen LogP contribution in [0.2, 0.25) is 0 Å². The summed E-state index contributed by atoms with van der Waals surface area (Å²) in [7, 11) is 0. The first-order valence-electron chi connectivity index (χ1n) is 8.05. The maximum absolute atomic E-state index is 14.5. The van der Waals surface area contributed by atoms with E-state index in [-0.39, 0.29) is 18.2 Å². The number of fused-ring (bicyclic) bond motifs is 2. The first kappa shape index (κ1) is 14.9. The number of nitrogens with zero attached hydrogens (tertiary/aromatic N) is 2. The number of rotatable bonds is 2. The van der Waals surface area contributed by atoms with Crippen LogP contribution < -0.4 is 5.32 Å². The lowest BCUT2D eigenvalue weighted by molar-refractivity contribution is -0.115. The summed E-state index contributed by atoms with van der Waals surface area (Å²) in [6.45, 7) is 6.15. The molecule has 4 nitrogen and oxygen atoms in total. The van der Waals surface area contributed by atoms with Crippen LogP contribution in [0.4, 0.5) is 10.1 Å². The van der Waals surface area contributed by atoms with Crippen molar-refractivity contribution in [3.8, 4) is 5.69 Å². The Morgan fingerprint density at radius 1 is 1.25 bits per heavy atom. The van der Waals surface area contributed by atoms with Gasteiger partial charge in [0.1, 0.15) is 11.5 Å². The van der Waals surface area contributed by atoms with Crippen molar-refractivity contribution in [3.63, 3.8) is 0 Å². The Bertz CT molecular complexity index is 988. The highest BCUT2D eigenvalue weighted by Gasteiger charge is 2.24. The number of amides is 1. The molecule has 0 bridgehead atoms. The summed E-state index contributed by atoms with van der Waals surface area (Å²) >= 11 is 0. The van der Waals surface area contributed by atoms with Gasteiger partial charge in [-0.3, -0.25) is 9.36 Å². The molecule has 1 aliphatic heterocycles. The number of halogens is 1. The number of anilines is 1. The second-order valence-corrected chi connectivity index (χ2v) is 6.61. The molecule has 3 heterocycles. The Labute approximate surface area is 139 Å². The minimum Gasteiger partial charge on any atom is -0.323 e. The molecule has 1 aromatic carbocycles. The largest absolute Gasteiger partial charge is 0.323 e. The van der Waals surface area contributed by atoms with E-state index in [9.17, 15) is 9.18 Å². The second-order valence-electron chi connectivity index (χ2n) is 6.61. The summed E-state index contributed by atoms with van der Waals surface area (Å²) in [6.07, 6.45) is 0.211. The first-order valence-corrected chi connectivity index (χ1v) is 8.05. The minimum absolute atomic E-state index is 0.170. The molecule has 0 spiro atoms. The van der Waals surface area contributed by atoms with Gasteiger partial charge in [0.25, 0.3) is 0 Å². The van der Waals surface area contributed by atoms with Crippen LogP contribution in [0.3, 0.4) is 0 Å². The molecule has 0 saturated carbocycles. The molecule has 122 valence electrons. The van der Waals surface area contributed by atoms with Gasteiger partial charge in [0.2, 0.25) is 5.91 Å². The molecule has 1 amide bonds. The van der Waals surface area contributed by atoms with Gasteiger partial charge in [-0.05, 0) is 42.7 Å². The highest BCUT2D eigenvalue weighted by atomic mass is 19.1. The fraction of sp³-hybridized carbons (Fsp3) is 0.263. The Morgan fingerprint density at radius 2 is 2.04 bits per heavy atom. The van der Waals surface area contributed by atoms with Crippen molar-refractivity contribution in [2.75, 3.05) is 5.32 Å². The summed E-state index contributed by atoms with van der Waals surface area (Å²) in [4.78, 5) is 16.2. The topological polar surface area (TPSA) is 46.9 Å². The van der Waals surface area contributed by atoms with Gasteiger partial charge in [-0.2, -0.15) is 0 Å². The molecule has 3 aromatic rings. The fourth-order valence-electron chi connectivity index (χ4n) is 3.30. The van der Waals surface area contributed by atoms with Gasteiger partial charge in [0.15, 0.2) is 0 Å². The predicted octanol–water partition coefficient (Wildman–Crippen LogP) is 4.09.